The van der Waals surface area contributed by atoms with Gasteiger partial charge in [0.25, 0.3) is 5.72 Å². The zero-order valence-corrected chi connectivity index (χ0v) is 13.7. The zero-order chi connectivity index (χ0) is 18.4. The van der Waals surface area contributed by atoms with Crippen molar-refractivity contribution in [2.75, 3.05) is 10.7 Å². The molecule has 10 heteroatoms. The van der Waals surface area contributed by atoms with Crippen LogP contribution in [0.1, 0.15) is 17.7 Å². The molecule has 132 valence electrons. The summed E-state index contributed by atoms with van der Waals surface area (Å²) in [4.78, 5) is 7.59. The van der Waals surface area contributed by atoms with Gasteiger partial charge in [-0.1, -0.05) is 23.7 Å². The first-order chi connectivity index (χ1) is 11.6. The molecule has 0 saturated heterocycles. The molecule has 3 rings (SSSR count). The summed E-state index contributed by atoms with van der Waals surface area (Å²) in [5.41, 5.74) is 3.08. The second kappa shape index (κ2) is 5.85. The highest BCUT2D eigenvalue weighted by atomic mass is 35.5. The van der Waals surface area contributed by atoms with Crippen LogP contribution in [0.4, 0.5) is 24.9 Å². The summed E-state index contributed by atoms with van der Waals surface area (Å²) in [6.07, 6.45) is -5.74. The number of nitrogens with two attached hydrogens (primary N) is 1. The van der Waals surface area contributed by atoms with Crippen molar-refractivity contribution in [2.24, 2.45) is 5.10 Å². The van der Waals surface area contributed by atoms with Crippen molar-refractivity contribution in [3.63, 3.8) is 0 Å². The van der Waals surface area contributed by atoms with Crippen LogP contribution in [0.2, 0.25) is 5.02 Å². The molecule has 1 aliphatic heterocycles. The molecule has 0 saturated carbocycles. The van der Waals surface area contributed by atoms with E-state index in [-0.39, 0.29) is 17.5 Å². The molecule has 2 aromatic rings. The molecule has 6 nitrogen and oxygen atoms in total. The molecule has 0 radical (unpaired) electrons. The minimum atomic E-state index is -4.97. The Hall–Kier alpha value is -2.39. The summed E-state index contributed by atoms with van der Waals surface area (Å²) in [5.74, 6) is -0.455. The van der Waals surface area contributed by atoms with Crippen LogP contribution in [0.5, 0.6) is 0 Å². The molecule has 1 atom stereocenters. The fourth-order valence-corrected chi connectivity index (χ4v) is 2.62. The standard InChI is InChI=1S/C15H13ClF3N5O/c1-8-6-12(22-13(20)21-8)24-14(25,15(17,18)19)7-11(23-24)9-2-4-10(16)5-3-9/h2-6,25H,7H2,1H3,(H2,20,21,22)/t14-/m1/s1. The smallest absolute Gasteiger partial charge is 0.368 e. The van der Waals surface area contributed by atoms with Gasteiger partial charge in [-0.3, -0.25) is 0 Å². The summed E-state index contributed by atoms with van der Waals surface area (Å²) in [6.45, 7) is 1.55. The third kappa shape index (κ3) is 3.12. The molecule has 0 fully saturated rings. The first-order valence-corrected chi connectivity index (χ1v) is 7.52. The van der Waals surface area contributed by atoms with Crippen LogP contribution >= 0.6 is 11.6 Å². The van der Waals surface area contributed by atoms with Crippen LogP contribution in [0.3, 0.4) is 0 Å². The van der Waals surface area contributed by atoms with Crippen LogP contribution in [-0.2, 0) is 0 Å². The van der Waals surface area contributed by atoms with Crippen molar-refractivity contribution < 1.29 is 18.3 Å². The Morgan fingerprint density at radius 1 is 1.24 bits per heavy atom. The van der Waals surface area contributed by atoms with Crippen LogP contribution in [-0.4, -0.2) is 32.7 Å². The van der Waals surface area contributed by atoms with E-state index in [9.17, 15) is 18.3 Å². The fourth-order valence-electron chi connectivity index (χ4n) is 2.49. The Bertz CT molecular complexity index is 820. The predicted octanol–water partition coefficient (Wildman–Crippen LogP) is 2.89. The van der Waals surface area contributed by atoms with Crippen molar-refractivity contribution in [1.82, 2.24) is 9.97 Å². The van der Waals surface area contributed by atoms with Crippen molar-refractivity contribution >= 4 is 29.1 Å². The maximum absolute atomic E-state index is 13.6. The van der Waals surface area contributed by atoms with Gasteiger partial charge in [0.2, 0.25) is 5.95 Å². The largest absolute Gasteiger partial charge is 0.438 e. The lowest BCUT2D eigenvalue weighted by molar-refractivity contribution is -0.254. The minimum absolute atomic E-state index is 0.0475. The van der Waals surface area contributed by atoms with E-state index >= 15 is 0 Å². The number of aromatic nitrogens is 2. The number of halogens is 4. The van der Waals surface area contributed by atoms with E-state index in [0.29, 0.717) is 21.3 Å². The van der Waals surface area contributed by atoms with Gasteiger partial charge in [-0.2, -0.15) is 23.3 Å². The monoisotopic (exact) mass is 371 g/mol. The van der Waals surface area contributed by atoms with E-state index in [0.717, 1.165) is 0 Å². The Morgan fingerprint density at radius 3 is 2.44 bits per heavy atom. The number of aliphatic hydroxyl groups is 1. The second-order valence-electron chi connectivity index (χ2n) is 5.58. The van der Waals surface area contributed by atoms with Gasteiger partial charge >= 0.3 is 6.18 Å². The maximum Gasteiger partial charge on any atom is 0.438 e. The number of aryl methyl sites for hydroxylation is 1. The quantitative estimate of drug-likeness (QED) is 0.847. The van der Waals surface area contributed by atoms with Gasteiger partial charge in [0.1, 0.15) is 0 Å². The van der Waals surface area contributed by atoms with E-state index in [1.54, 1.807) is 6.92 Å². The van der Waals surface area contributed by atoms with Gasteiger partial charge < -0.3 is 10.8 Å². The van der Waals surface area contributed by atoms with E-state index in [4.69, 9.17) is 17.3 Å². The summed E-state index contributed by atoms with van der Waals surface area (Å²) in [6, 6.07) is 7.38. The molecule has 1 aromatic heterocycles. The Labute approximate surface area is 145 Å². The molecule has 0 amide bonds. The first kappa shape index (κ1) is 17.4. The van der Waals surface area contributed by atoms with Gasteiger partial charge in [-0.05, 0) is 24.6 Å². The SMILES string of the molecule is Cc1cc(N2N=C(c3ccc(Cl)cc3)C[C@@]2(O)C(F)(F)F)nc(N)n1. The van der Waals surface area contributed by atoms with Gasteiger partial charge in [0.05, 0.1) is 12.1 Å². The maximum atomic E-state index is 13.6. The number of hydrazone groups is 1. The van der Waals surface area contributed by atoms with Crippen LogP contribution in [0.25, 0.3) is 0 Å². The van der Waals surface area contributed by atoms with Crippen LogP contribution in [0.15, 0.2) is 35.4 Å². The number of hydrogen-bond acceptors (Lipinski definition) is 6. The Balaban J connectivity index is 2.11. The molecular formula is C15H13ClF3N5O. The number of hydrogen-bond donors (Lipinski definition) is 2. The molecule has 25 heavy (non-hydrogen) atoms. The molecule has 0 aliphatic carbocycles. The minimum Gasteiger partial charge on any atom is -0.368 e. The lowest BCUT2D eigenvalue weighted by Gasteiger charge is -2.33. The normalized spacial score (nSPS) is 20.7. The molecule has 3 N–H and O–H groups in total. The highest BCUT2D eigenvalue weighted by molar-refractivity contribution is 6.30. The molecular weight excluding hydrogens is 359 g/mol. The lowest BCUT2D eigenvalue weighted by atomic mass is 10.0. The first-order valence-electron chi connectivity index (χ1n) is 7.14. The lowest BCUT2D eigenvalue weighted by Crippen LogP contribution is -2.55. The topological polar surface area (TPSA) is 87.6 Å². The van der Waals surface area contributed by atoms with E-state index < -0.39 is 18.3 Å². The Kier molecular flexibility index (Phi) is 4.08. The highest BCUT2D eigenvalue weighted by Gasteiger charge is 2.62. The van der Waals surface area contributed by atoms with E-state index in [1.807, 2.05) is 0 Å². The Morgan fingerprint density at radius 2 is 1.88 bits per heavy atom. The van der Waals surface area contributed by atoms with Crippen molar-refractivity contribution in [1.29, 1.82) is 0 Å². The zero-order valence-electron chi connectivity index (χ0n) is 12.9. The average molecular weight is 372 g/mol. The summed E-state index contributed by atoms with van der Waals surface area (Å²) >= 11 is 5.80. The second-order valence-corrected chi connectivity index (χ2v) is 6.02. The van der Waals surface area contributed by atoms with Gasteiger partial charge in [-0.15, -0.1) is 0 Å². The van der Waals surface area contributed by atoms with Crippen molar-refractivity contribution in [3.05, 3.63) is 46.6 Å². The average Bonchev–Trinajstić information content (AvgIpc) is 2.86. The van der Waals surface area contributed by atoms with Crippen molar-refractivity contribution in [3.8, 4) is 0 Å². The number of rotatable bonds is 2. The molecule has 0 spiro atoms. The summed E-state index contributed by atoms with van der Waals surface area (Å²) in [7, 11) is 0. The van der Waals surface area contributed by atoms with Gasteiger partial charge in [0, 0.05) is 16.8 Å². The molecule has 0 bridgehead atoms. The molecule has 1 aliphatic rings. The van der Waals surface area contributed by atoms with Crippen molar-refractivity contribution in [2.45, 2.75) is 25.2 Å². The van der Waals surface area contributed by atoms with E-state index in [1.165, 1.54) is 30.3 Å². The van der Waals surface area contributed by atoms with E-state index in [2.05, 4.69) is 15.1 Å². The predicted molar refractivity (Wildman–Crippen MR) is 87.3 cm³/mol. The number of benzene rings is 1. The number of nitrogen functional groups attached to an aromatic ring is 1. The van der Waals surface area contributed by atoms with Gasteiger partial charge in [0.15, 0.2) is 5.82 Å². The van der Waals surface area contributed by atoms with Gasteiger partial charge in [-0.25, -0.2) is 9.99 Å². The number of anilines is 2. The summed E-state index contributed by atoms with van der Waals surface area (Å²) < 4.78 is 40.7. The van der Waals surface area contributed by atoms with Crippen LogP contribution in [0, 0.1) is 6.92 Å². The molecule has 1 aromatic carbocycles. The fraction of sp³-hybridized carbons (Fsp3) is 0.267. The summed E-state index contributed by atoms with van der Waals surface area (Å²) in [5, 5.41) is 15.2. The number of nitrogens with zero attached hydrogens (tertiary/aromatic N) is 4. The number of alkyl halides is 3. The molecule has 2 heterocycles. The molecule has 0 unspecified atom stereocenters. The highest BCUT2D eigenvalue weighted by Crippen LogP contribution is 2.43. The third-order valence-electron chi connectivity index (χ3n) is 3.69. The third-order valence-corrected chi connectivity index (χ3v) is 3.94. The van der Waals surface area contributed by atoms with Crippen LogP contribution < -0.4 is 10.7 Å².